The van der Waals surface area contributed by atoms with Crippen LogP contribution in [0.25, 0.3) is 28.1 Å². The average Bonchev–Trinajstić information content (AvgIpc) is 3.59. The van der Waals surface area contributed by atoms with Crippen molar-refractivity contribution < 1.29 is 18.1 Å². The molecule has 36 heavy (non-hydrogen) atoms. The van der Waals surface area contributed by atoms with E-state index >= 15 is 0 Å². The van der Waals surface area contributed by atoms with Crippen molar-refractivity contribution in [1.82, 2.24) is 14.6 Å². The van der Waals surface area contributed by atoms with Crippen molar-refractivity contribution in [2.24, 2.45) is 4.36 Å². The number of nitriles is 1. The Bertz CT molecular complexity index is 1550. The summed E-state index contributed by atoms with van der Waals surface area (Å²) in [4.78, 5) is 6.87. The highest BCUT2D eigenvalue weighted by molar-refractivity contribution is 7.92. The summed E-state index contributed by atoms with van der Waals surface area (Å²) in [6.07, 6.45) is 7.56. The average molecular weight is 509 g/mol. The van der Waals surface area contributed by atoms with Crippen molar-refractivity contribution in [2.45, 2.75) is 25.3 Å². The molecule has 2 atom stereocenters. The van der Waals surface area contributed by atoms with Gasteiger partial charge in [-0.1, -0.05) is 6.07 Å². The first-order valence-corrected chi connectivity index (χ1v) is 13.9. The number of anilines is 1. The van der Waals surface area contributed by atoms with Crippen molar-refractivity contribution in [3.05, 3.63) is 42.6 Å². The predicted molar refractivity (Wildman–Crippen MR) is 138 cm³/mol. The van der Waals surface area contributed by atoms with Crippen LogP contribution in [0.2, 0.25) is 0 Å². The lowest BCUT2D eigenvalue weighted by atomic mass is 10.1. The minimum Gasteiger partial charge on any atom is -0.477 e. The Morgan fingerprint density at radius 2 is 2.22 bits per heavy atom. The van der Waals surface area contributed by atoms with E-state index in [1.54, 1.807) is 30.1 Å². The molecule has 1 saturated heterocycles. The van der Waals surface area contributed by atoms with Crippen molar-refractivity contribution in [3.8, 4) is 23.5 Å². The Kier molecular flexibility index (Phi) is 6.80. The van der Waals surface area contributed by atoms with Crippen molar-refractivity contribution in [2.75, 3.05) is 43.8 Å². The van der Waals surface area contributed by atoms with E-state index in [1.807, 2.05) is 24.3 Å². The minimum atomic E-state index is -2.51. The molecule has 1 fully saturated rings. The molecule has 0 spiro atoms. The third-order valence-electron chi connectivity index (χ3n) is 6.33. The van der Waals surface area contributed by atoms with Crippen molar-refractivity contribution >= 4 is 32.0 Å². The summed E-state index contributed by atoms with van der Waals surface area (Å²) in [6.45, 7) is 1.99. The van der Waals surface area contributed by atoms with E-state index in [0.717, 1.165) is 41.7 Å². The molecule has 5 rings (SSSR count). The summed E-state index contributed by atoms with van der Waals surface area (Å²) in [7, 11) is -0.763. The third kappa shape index (κ3) is 4.87. The minimum absolute atomic E-state index is 0.280. The zero-order valence-corrected chi connectivity index (χ0v) is 21.1. The highest BCUT2D eigenvalue weighted by Gasteiger charge is 2.27. The summed E-state index contributed by atoms with van der Waals surface area (Å²) in [5, 5.41) is 14.3. The van der Waals surface area contributed by atoms with Gasteiger partial charge in [-0.15, -0.1) is 9.46 Å². The standard InChI is InChI=1S/C25H28N6O4S/c1-33-16-18-6-4-11-30(18)20-7-3-8-22-19(20)14-23(35-22)21-15-27-24-9-10-25(29-31(21)24)34-12-5-13-36(2,32)28-17-26/h3,7-10,14-15,18H,4-6,11-13,16H2,1-2H3/t18-,36?/m1/s1. The molecular weight excluding hydrogens is 480 g/mol. The van der Waals surface area contributed by atoms with Gasteiger partial charge in [0.05, 0.1) is 35.2 Å². The first kappa shape index (κ1) is 24.1. The molecule has 0 bridgehead atoms. The molecule has 3 aromatic heterocycles. The van der Waals surface area contributed by atoms with Crippen LogP contribution in [0.1, 0.15) is 19.3 Å². The smallest absolute Gasteiger partial charge is 0.231 e. The Labute approximate surface area is 209 Å². The fourth-order valence-corrected chi connectivity index (χ4v) is 5.60. The number of aromatic nitrogens is 3. The first-order chi connectivity index (χ1) is 17.5. The molecule has 4 aromatic rings. The van der Waals surface area contributed by atoms with Gasteiger partial charge in [0.15, 0.2) is 11.4 Å². The summed E-state index contributed by atoms with van der Waals surface area (Å²) in [5.41, 5.74) is 3.33. The quantitative estimate of drug-likeness (QED) is 0.245. The number of benzene rings is 1. The molecule has 10 nitrogen and oxygen atoms in total. The number of imidazole rings is 1. The van der Waals surface area contributed by atoms with Crippen LogP contribution in [0.15, 0.2) is 51.4 Å². The van der Waals surface area contributed by atoms with Gasteiger partial charge in [0.2, 0.25) is 12.1 Å². The number of fused-ring (bicyclic) bond motifs is 2. The van der Waals surface area contributed by atoms with E-state index in [0.29, 0.717) is 43.0 Å². The number of nitrogens with zero attached hydrogens (tertiary/aromatic N) is 6. The van der Waals surface area contributed by atoms with Crippen molar-refractivity contribution in [1.29, 1.82) is 5.26 Å². The van der Waals surface area contributed by atoms with Crippen LogP contribution >= 0.6 is 0 Å². The third-order valence-corrected chi connectivity index (χ3v) is 7.84. The molecule has 1 aliphatic rings. The van der Waals surface area contributed by atoms with Gasteiger partial charge < -0.3 is 18.8 Å². The first-order valence-electron chi connectivity index (χ1n) is 11.8. The van der Waals surface area contributed by atoms with Gasteiger partial charge in [-0.3, -0.25) is 0 Å². The van der Waals surface area contributed by atoms with E-state index in [9.17, 15) is 4.21 Å². The monoisotopic (exact) mass is 508 g/mol. The number of furan rings is 1. The molecule has 1 aliphatic heterocycles. The lowest BCUT2D eigenvalue weighted by Gasteiger charge is -2.26. The van der Waals surface area contributed by atoms with Crippen LogP contribution in [-0.2, 0) is 14.5 Å². The number of ether oxygens (including phenoxy) is 2. The molecule has 0 saturated carbocycles. The normalized spacial score (nSPS) is 17.4. The predicted octanol–water partition coefficient (Wildman–Crippen LogP) is 4.11. The fourth-order valence-electron chi connectivity index (χ4n) is 4.68. The van der Waals surface area contributed by atoms with E-state index in [2.05, 4.69) is 25.4 Å². The van der Waals surface area contributed by atoms with E-state index in [-0.39, 0.29) is 5.75 Å². The molecule has 4 heterocycles. The van der Waals surface area contributed by atoms with E-state index in [1.165, 1.54) is 6.26 Å². The molecule has 1 unspecified atom stereocenters. The molecular formula is C25H28N6O4S. The zero-order chi connectivity index (χ0) is 25.1. The molecule has 11 heteroatoms. The molecule has 0 radical (unpaired) electrons. The van der Waals surface area contributed by atoms with Crippen LogP contribution < -0.4 is 9.64 Å². The molecule has 0 amide bonds. The highest BCUT2D eigenvalue weighted by atomic mass is 32.2. The van der Waals surface area contributed by atoms with Gasteiger partial charge in [0.1, 0.15) is 11.3 Å². The van der Waals surface area contributed by atoms with Crippen LogP contribution in [-0.4, -0.2) is 63.7 Å². The summed E-state index contributed by atoms with van der Waals surface area (Å²) in [6, 6.07) is 12.1. The zero-order valence-electron chi connectivity index (χ0n) is 20.3. The van der Waals surface area contributed by atoms with Gasteiger partial charge in [-0.25, -0.2) is 13.7 Å². The van der Waals surface area contributed by atoms with Gasteiger partial charge >= 0.3 is 0 Å². The number of rotatable bonds is 9. The second-order valence-corrected chi connectivity index (χ2v) is 11.4. The van der Waals surface area contributed by atoms with Crippen LogP contribution in [0.3, 0.4) is 0 Å². The lowest BCUT2D eigenvalue weighted by Crippen LogP contribution is -2.32. The topological polar surface area (TPSA) is 118 Å². The van der Waals surface area contributed by atoms with Crippen molar-refractivity contribution in [3.63, 3.8) is 0 Å². The largest absolute Gasteiger partial charge is 0.477 e. The van der Waals surface area contributed by atoms with Crippen LogP contribution in [0.4, 0.5) is 5.69 Å². The second-order valence-electron chi connectivity index (χ2n) is 8.89. The van der Waals surface area contributed by atoms with Crippen LogP contribution in [0.5, 0.6) is 5.88 Å². The van der Waals surface area contributed by atoms with Gasteiger partial charge in [0, 0.05) is 42.8 Å². The lowest BCUT2D eigenvalue weighted by molar-refractivity contribution is 0.181. The number of methoxy groups -OCH3 is 1. The van der Waals surface area contributed by atoms with Crippen LogP contribution in [0, 0.1) is 11.5 Å². The Hall–Kier alpha value is -3.62. The summed E-state index contributed by atoms with van der Waals surface area (Å²) >= 11 is 0. The van der Waals surface area contributed by atoms with E-state index in [4.69, 9.17) is 19.2 Å². The van der Waals surface area contributed by atoms with Gasteiger partial charge in [0.25, 0.3) is 0 Å². The molecule has 0 N–H and O–H groups in total. The summed E-state index contributed by atoms with van der Waals surface area (Å²) in [5.74, 6) is 1.36. The summed E-state index contributed by atoms with van der Waals surface area (Å²) < 4.78 is 34.7. The maximum absolute atomic E-state index is 12.1. The molecule has 0 aliphatic carbocycles. The van der Waals surface area contributed by atoms with Gasteiger partial charge in [-0.2, -0.15) is 5.26 Å². The molecule has 188 valence electrons. The maximum Gasteiger partial charge on any atom is 0.231 e. The maximum atomic E-state index is 12.1. The molecule has 1 aromatic carbocycles. The Morgan fingerprint density at radius 1 is 1.33 bits per heavy atom. The van der Waals surface area contributed by atoms with E-state index < -0.39 is 9.73 Å². The SMILES string of the molecule is COC[C@H]1CCCN1c1cccc2oc(-c3cnc4ccc(OCCCS(C)(=O)=NC#N)nn34)cc12. The highest BCUT2D eigenvalue weighted by Crippen LogP contribution is 2.37. The van der Waals surface area contributed by atoms with Gasteiger partial charge in [-0.05, 0) is 43.5 Å². The fraction of sp³-hybridized carbons (Fsp3) is 0.400. The Balaban J connectivity index is 1.40. The number of hydrogen-bond acceptors (Lipinski definition) is 9. The number of hydrogen-bond donors (Lipinski definition) is 0. The second kappa shape index (κ2) is 10.2. The Morgan fingerprint density at radius 3 is 3.06 bits per heavy atom.